The summed E-state index contributed by atoms with van der Waals surface area (Å²) in [5, 5.41) is 3.25. The number of nitrogens with one attached hydrogen (secondary N) is 1. The molecule has 17 heavy (non-hydrogen) atoms. The first-order chi connectivity index (χ1) is 8.03. The zero-order valence-electron chi connectivity index (χ0n) is 11.6. The molecule has 1 atom stereocenters. The molecule has 100 valence electrons. The Hall–Kier alpha value is -0.610. The number of carbonyl (C=O) groups is 1. The SMILES string of the molecule is CCNC(C)(CN(C)C1CCCC1)C(=O)OC. The summed E-state index contributed by atoms with van der Waals surface area (Å²) in [4.78, 5) is 14.2. The van der Waals surface area contributed by atoms with Gasteiger partial charge in [-0.2, -0.15) is 0 Å². The summed E-state index contributed by atoms with van der Waals surface area (Å²) in [5.74, 6) is -0.177. The van der Waals surface area contributed by atoms with Crippen LogP contribution >= 0.6 is 0 Å². The van der Waals surface area contributed by atoms with Gasteiger partial charge in [0.05, 0.1) is 7.11 Å². The fraction of sp³-hybridized carbons (Fsp3) is 0.923. The number of nitrogens with zero attached hydrogens (tertiary/aromatic N) is 1. The largest absolute Gasteiger partial charge is 0.468 e. The minimum absolute atomic E-state index is 0.177. The van der Waals surface area contributed by atoms with E-state index in [-0.39, 0.29) is 5.97 Å². The summed E-state index contributed by atoms with van der Waals surface area (Å²) < 4.78 is 4.90. The molecule has 1 fully saturated rings. The third kappa shape index (κ3) is 3.68. The Kier molecular flexibility index (Phi) is 5.40. The number of rotatable bonds is 6. The third-order valence-electron chi connectivity index (χ3n) is 3.72. The Balaban J connectivity index is 2.61. The van der Waals surface area contributed by atoms with Gasteiger partial charge >= 0.3 is 5.97 Å². The lowest BCUT2D eigenvalue weighted by molar-refractivity contribution is -0.148. The lowest BCUT2D eigenvalue weighted by atomic mass is 10.0. The number of likely N-dealkylation sites (N-methyl/N-ethyl adjacent to an activating group) is 2. The van der Waals surface area contributed by atoms with Crippen molar-refractivity contribution in [1.82, 2.24) is 10.2 Å². The van der Waals surface area contributed by atoms with Crippen molar-refractivity contribution < 1.29 is 9.53 Å². The highest BCUT2D eigenvalue weighted by atomic mass is 16.5. The van der Waals surface area contributed by atoms with Gasteiger partial charge in [-0.15, -0.1) is 0 Å². The van der Waals surface area contributed by atoms with E-state index in [0.717, 1.165) is 6.54 Å². The van der Waals surface area contributed by atoms with Crippen LogP contribution in [0, 0.1) is 0 Å². The lowest BCUT2D eigenvalue weighted by Crippen LogP contribution is -2.57. The number of methoxy groups -OCH3 is 1. The molecule has 0 aliphatic heterocycles. The van der Waals surface area contributed by atoms with Crippen LogP contribution in [-0.4, -0.2) is 49.7 Å². The van der Waals surface area contributed by atoms with Crippen molar-refractivity contribution in [2.45, 2.75) is 51.1 Å². The Morgan fingerprint density at radius 3 is 2.53 bits per heavy atom. The molecule has 0 saturated heterocycles. The van der Waals surface area contributed by atoms with Crippen molar-refractivity contribution >= 4 is 5.97 Å². The first-order valence-corrected chi connectivity index (χ1v) is 6.57. The van der Waals surface area contributed by atoms with Gasteiger partial charge in [0, 0.05) is 12.6 Å². The van der Waals surface area contributed by atoms with E-state index in [1.54, 1.807) is 0 Å². The highest BCUT2D eigenvalue weighted by molar-refractivity contribution is 5.80. The molecule has 1 aliphatic carbocycles. The maximum Gasteiger partial charge on any atom is 0.327 e. The van der Waals surface area contributed by atoms with E-state index in [2.05, 4.69) is 17.3 Å². The van der Waals surface area contributed by atoms with E-state index in [1.807, 2.05) is 13.8 Å². The van der Waals surface area contributed by atoms with Crippen molar-refractivity contribution in [2.75, 3.05) is 27.2 Å². The van der Waals surface area contributed by atoms with E-state index in [9.17, 15) is 4.79 Å². The summed E-state index contributed by atoms with van der Waals surface area (Å²) >= 11 is 0. The molecule has 0 amide bonds. The average Bonchev–Trinajstić information content (AvgIpc) is 2.81. The highest BCUT2D eigenvalue weighted by Crippen LogP contribution is 2.23. The summed E-state index contributed by atoms with van der Waals surface area (Å²) in [7, 11) is 3.56. The van der Waals surface area contributed by atoms with Crippen LogP contribution in [0.4, 0.5) is 0 Å². The third-order valence-corrected chi connectivity index (χ3v) is 3.72. The average molecular weight is 242 g/mol. The van der Waals surface area contributed by atoms with Crippen LogP contribution < -0.4 is 5.32 Å². The van der Waals surface area contributed by atoms with Crippen LogP contribution in [0.3, 0.4) is 0 Å². The van der Waals surface area contributed by atoms with Crippen molar-refractivity contribution in [3.8, 4) is 0 Å². The van der Waals surface area contributed by atoms with Gasteiger partial charge in [-0.1, -0.05) is 19.8 Å². The minimum atomic E-state index is -0.596. The molecule has 1 rings (SSSR count). The minimum Gasteiger partial charge on any atom is -0.468 e. The summed E-state index contributed by atoms with van der Waals surface area (Å²) in [6, 6.07) is 0.623. The van der Waals surface area contributed by atoms with Crippen LogP contribution in [-0.2, 0) is 9.53 Å². The fourth-order valence-corrected chi connectivity index (χ4v) is 2.78. The Bertz CT molecular complexity index is 252. The van der Waals surface area contributed by atoms with Gasteiger partial charge in [-0.05, 0) is 33.4 Å². The second-order valence-electron chi connectivity index (χ2n) is 5.21. The Morgan fingerprint density at radius 2 is 2.06 bits per heavy atom. The van der Waals surface area contributed by atoms with E-state index < -0.39 is 5.54 Å². The molecule has 4 heteroatoms. The normalized spacial score (nSPS) is 20.5. The summed E-state index contributed by atoms with van der Waals surface area (Å²) in [6.07, 6.45) is 5.12. The predicted molar refractivity (Wildman–Crippen MR) is 69.0 cm³/mol. The van der Waals surface area contributed by atoms with Gasteiger partial charge in [-0.25, -0.2) is 0 Å². The molecule has 0 radical (unpaired) electrons. The molecule has 0 heterocycles. The molecule has 0 aromatic carbocycles. The van der Waals surface area contributed by atoms with Gasteiger partial charge in [0.25, 0.3) is 0 Å². The van der Waals surface area contributed by atoms with Gasteiger partial charge in [0.15, 0.2) is 0 Å². The number of hydrogen-bond donors (Lipinski definition) is 1. The molecule has 1 saturated carbocycles. The number of ether oxygens (including phenoxy) is 1. The molecule has 1 aliphatic rings. The van der Waals surface area contributed by atoms with Crippen LogP contribution in [0.5, 0.6) is 0 Å². The maximum absolute atomic E-state index is 11.9. The standard InChI is InChI=1S/C13H26N2O2/c1-5-14-13(2,12(16)17-4)10-15(3)11-8-6-7-9-11/h11,14H,5-10H2,1-4H3. The number of esters is 1. The van der Waals surface area contributed by atoms with E-state index in [4.69, 9.17) is 4.74 Å². The van der Waals surface area contributed by atoms with Crippen LogP contribution in [0.1, 0.15) is 39.5 Å². The van der Waals surface area contributed by atoms with Gasteiger partial charge < -0.3 is 15.0 Å². The summed E-state index contributed by atoms with van der Waals surface area (Å²) in [5.41, 5.74) is -0.596. The Labute approximate surface area is 105 Å². The van der Waals surface area contributed by atoms with Gasteiger partial charge in [0.2, 0.25) is 0 Å². The van der Waals surface area contributed by atoms with Crippen molar-refractivity contribution in [3.05, 3.63) is 0 Å². The van der Waals surface area contributed by atoms with Crippen molar-refractivity contribution in [3.63, 3.8) is 0 Å². The van der Waals surface area contributed by atoms with Crippen molar-refractivity contribution in [1.29, 1.82) is 0 Å². The second-order valence-corrected chi connectivity index (χ2v) is 5.21. The van der Waals surface area contributed by atoms with E-state index >= 15 is 0 Å². The lowest BCUT2D eigenvalue weighted by Gasteiger charge is -2.34. The molecule has 0 bridgehead atoms. The van der Waals surface area contributed by atoms with Crippen LogP contribution in [0.25, 0.3) is 0 Å². The van der Waals surface area contributed by atoms with Crippen LogP contribution in [0.2, 0.25) is 0 Å². The molecule has 0 aromatic rings. The second kappa shape index (κ2) is 6.36. The molecule has 4 nitrogen and oxygen atoms in total. The zero-order chi connectivity index (χ0) is 12.9. The molecule has 1 N–H and O–H groups in total. The smallest absolute Gasteiger partial charge is 0.327 e. The van der Waals surface area contributed by atoms with Gasteiger partial charge in [0.1, 0.15) is 5.54 Å². The molecule has 0 aromatic heterocycles. The van der Waals surface area contributed by atoms with Crippen molar-refractivity contribution in [2.24, 2.45) is 0 Å². The Morgan fingerprint density at radius 1 is 1.47 bits per heavy atom. The van der Waals surface area contributed by atoms with E-state index in [0.29, 0.717) is 12.6 Å². The highest BCUT2D eigenvalue weighted by Gasteiger charge is 2.36. The maximum atomic E-state index is 11.9. The first-order valence-electron chi connectivity index (χ1n) is 6.57. The monoisotopic (exact) mass is 242 g/mol. The molecular formula is C13H26N2O2. The molecule has 0 spiro atoms. The summed E-state index contributed by atoms with van der Waals surface area (Å²) in [6.45, 7) is 5.41. The predicted octanol–water partition coefficient (Wildman–Crippen LogP) is 1.40. The molecular weight excluding hydrogens is 216 g/mol. The zero-order valence-corrected chi connectivity index (χ0v) is 11.6. The van der Waals surface area contributed by atoms with E-state index in [1.165, 1.54) is 32.8 Å². The number of hydrogen-bond acceptors (Lipinski definition) is 4. The van der Waals surface area contributed by atoms with Crippen LogP contribution in [0.15, 0.2) is 0 Å². The first kappa shape index (κ1) is 14.5. The quantitative estimate of drug-likeness (QED) is 0.715. The van der Waals surface area contributed by atoms with Gasteiger partial charge in [-0.3, -0.25) is 4.79 Å². The number of carbonyl (C=O) groups excluding carboxylic acids is 1. The fourth-order valence-electron chi connectivity index (χ4n) is 2.78. The topological polar surface area (TPSA) is 41.6 Å². The molecule has 1 unspecified atom stereocenters.